The van der Waals surface area contributed by atoms with Gasteiger partial charge in [-0.2, -0.15) is 0 Å². The molecule has 1 aromatic carbocycles. The Morgan fingerprint density at radius 1 is 1.31 bits per heavy atom. The quantitative estimate of drug-likeness (QED) is 0.877. The summed E-state index contributed by atoms with van der Waals surface area (Å²) < 4.78 is 0. The van der Waals surface area contributed by atoms with Gasteiger partial charge in [-0.1, -0.05) is 37.0 Å². The van der Waals surface area contributed by atoms with Crippen molar-refractivity contribution in [3.63, 3.8) is 0 Å². The van der Waals surface area contributed by atoms with E-state index in [1.165, 1.54) is 0 Å². The van der Waals surface area contributed by atoms with Crippen LogP contribution in [0, 0.1) is 5.92 Å². The van der Waals surface area contributed by atoms with E-state index in [-0.39, 0.29) is 5.91 Å². The first-order valence-corrected chi connectivity index (χ1v) is 5.99. The van der Waals surface area contributed by atoms with E-state index in [1.807, 2.05) is 0 Å². The van der Waals surface area contributed by atoms with E-state index in [1.54, 1.807) is 18.2 Å². The molecule has 1 rings (SSSR count). The van der Waals surface area contributed by atoms with Crippen LogP contribution in [-0.2, 0) is 0 Å². The van der Waals surface area contributed by atoms with Crippen LogP contribution in [0.5, 0.6) is 0 Å². The molecule has 1 N–H and O–H groups in total. The second kappa shape index (κ2) is 6.12. The Hall–Kier alpha value is -0.730. The standard InChI is InChI=1S/C12H15Cl2NO/c1-8(2)5-6-15-12(16)9-3-4-10(13)11(14)7-9/h3-4,7-8H,5-6H2,1-2H3,(H,15,16). The molecule has 1 aromatic rings. The summed E-state index contributed by atoms with van der Waals surface area (Å²) in [5, 5.41) is 3.70. The molecule has 4 heteroatoms. The van der Waals surface area contributed by atoms with Crippen molar-refractivity contribution in [1.29, 1.82) is 0 Å². The van der Waals surface area contributed by atoms with Crippen LogP contribution in [0.3, 0.4) is 0 Å². The molecule has 0 saturated carbocycles. The van der Waals surface area contributed by atoms with E-state index in [2.05, 4.69) is 19.2 Å². The fourth-order valence-electron chi connectivity index (χ4n) is 1.21. The SMILES string of the molecule is CC(C)CCNC(=O)c1ccc(Cl)c(Cl)c1. The highest BCUT2D eigenvalue weighted by atomic mass is 35.5. The summed E-state index contributed by atoms with van der Waals surface area (Å²) in [7, 11) is 0. The van der Waals surface area contributed by atoms with Crippen molar-refractivity contribution in [2.45, 2.75) is 20.3 Å². The molecule has 0 aliphatic heterocycles. The maximum absolute atomic E-state index is 11.7. The third-order valence-corrected chi connectivity index (χ3v) is 2.93. The lowest BCUT2D eigenvalue weighted by molar-refractivity contribution is 0.0952. The van der Waals surface area contributed by atoms with Crippen molar-refractivity contribution >= 4 is 29.1 Å². The Kier molecular flexibility index (Phi) is 5.10. The Balaban J connectivity index is 2.56. The molecule has 0 bridgehead atoms. The van der Waals surface area contributed by atoms with Crippen molar-refractivity contribution < 1.29 is 4.79 Å². The summed E-state index contributed by atoms with van der Waals surface area (Å²) >= 11 is 11.6. The smallest absolute Gasteiger partial charge is 0.251 e. The van der Waals surface area contributed by atoms with Crippen molar-refractivity contribution in [3.05, 3.63) is 33.8 Å². The van der Waals surface area contributed by atoms with Crippen molar-refractivity contribution in [2.24, 2.45) is 5.92 Å². The van der Waals surface area contributed by atoms with E-state index in [0.717, 1.165) is 6.42 Å². The maximum Gasteiger partial charge on any atom is 0.251 e. The minimum atomic E-state index is -0.112. The second-order valence-electron chi connectivity index (χ2n) is 4.07. The predicted molar refractivity (Wildman–Crippen MR) is 68.3 cm³/mol. The van der Waals surface area contributed by atoms with Crippen LogP contribution in [-0.4, -0.2) is 12.5 Å². The van der Waals surface area contributed by atoms with Gasteiger partial charge in [-0.15, -0.1) is 0 Å². The number of rotatable bonds is 4. The van der Waals surface area contributed by atoms with Crippen LogP contribution in [0.15, 0.2) is 18.2 Å². The molecule has 0 aliphatic rings. The third kappa shape index (κ3) is 4.03. The highest BCUT2D eigenvalue weighted by molar-refractivity contribution is 6.42. The summed E-state index contributed by atoms with van der Waals surface area (Å²) in [4.78, 5) is 11.7. The van der Waals surface area contributed by atoms with Gasteiger partial charge in [0.05, 0.1) is 10.0 Å². The highest BCUT2D eigenvalue weighted by Gasteiger charge is 2.07. The van der Waals surface area contributed by atoms with E-state index >= 15 is 0 Å². The van der Waals surface area contributed by atoms with Crippen LogP contribution in [0.25, 0.3) is 0 Å². The zero-order chi connectivity index (χ0) is 12.1. The van der Waals surface area contributed by atoms with E-state index in [4.69, 9.17) is 23.2 Å². The van der Waals surface area contributed by atoms with Crippen LogP contribution in [0.1, 0.15) is 30.6 Å². The molecule has 0 fully saturated rings. The molecule has 0 radical (unpaired) electrons. The number of hydrogen-bond acceptors (Lipinski definition) is 1. The zero-order valence-electron chi connectivity index (χ0n) is 9.39. The van der Waals surface area contributed by atoms with Crippen molar-refractivity contribution in [3.8, 4) is 0 Å². The number of hydrogen-bond donors (Lipinski definition) is 1. The van der Waals surface area contributed by atoms with Gasteiger partial charge in [-0.3, -0.25) is 4.79 Å². The highest BCUT2D eigenvalue weighted by Crippen LogP contribution is 2.22. The summed E-state index contributed by atoms with van der Waals surface area (Å²) in [6.07, 6.45) is 0.965. The van der Waals surface area contributed by atoms with Gasteiger partial charge < -0.3 is 5.32 Å². The minimum Gasteiger partial charge on any atom is -0.352 e. The maximum atomic E-state index is 11.7. The number of nitrogens with one attached hydrogen (secondary N) is 1. The van der Waals surface area contributed by atoms with Crippen LogP contribution >= 0.6 is 23.2 Å². The average molecular weight is 260 g/mol. The normalized spacial score (nSPS) is 10.6. The molecular formula is C12H15Cl2NO. The van der Waals surface area contributed by atoms with Crippen LogP contribution in [0.4, 0.5) is 0 Å². The molecule has 0 unspecified atom stereocenters. The topological polar surface area (TPSA) is 29.1 Å². The molecule has 0 saturated heterocycles. The number of amides is 1. The molecule has 16 heavy (non-hydrogen) atoms. The molecule has 0 aromatic heterocycles. The van der Waals surface area contributed by atoms with Gasteiger partial charge in [-0.25, -0.2) is 0 Å². The lowest BCUT2D eigenvalue weighted by atomic mass is 10.1. The molecule has 1 amide bonds. The minimum absolute atomic E-state index is 0.112. The van der Waals surface area contributed by atoms with E-state index < -0.39 is 0 Å². The largest absolute Gasteiger partial charge is 0.352 e. The van der Waals surface area contributed by atoms with E-state index in [0.29, 0.717) is 28.1 Å². The fraction of sp³-hybridized carbons (Fsp3) is 0.417. The number of halogens is 2. The first-order valence-electron chi connectivity index (χ1n) is 5.24. The lowest BCUT2D eigenvalue weighted by Gasteiger charge is -2.07. The Morgan fingerprint density at radius 3 is 2.56 bits per heavy atom. The average Bonchev–Trinajstić information content (AvgIpc) is 2.21. The summed E-state index contributed by atoms with van der Waals surface area (Å²) in [6, 6.07) is 4.87. The molecule has 0 atom stereocenters. The zero-order valence-corrected chi connectivity index (χ0v) is 10.9. The molecule has 0 aliphatic carbocycles. The Bertz CT molecular complexity index is 377. The number of carbonyl (C=O) groups is 1. The Labute approximate surface area is 106 Å². The molecule has 2 nitrogen and oxygen atoms in total. The van der Waals surface area contributed by atoms with Crippen LogP contribution in [0.2, 0.25) is 10.0 Å². The number of benzene rings is 1. The molecule has 0 spiro atoms. The van der Waals surface area contributed by atoms with E-state index in [9.17, 15) is 4.79 Å². The van der Waals surface area contributed by atoms with Gasteiger partial charge in [0, 0.05) is 12.1 Å². The van der Waals surface area contributed by atoms with Gasteiger partial charge in [0.15, 0.2) is 0 Å². The van der Waals surface area contributed by atoms with Crippen molar-refractivity contribution in [2.75, 3.05) is 6.54 Å². The summed E-state index contributed by atoms with van der Waals surface area (Å²) in [5.41, 5.74) is 0.540. The first-order chi connectivity index (χ1) is 7.50. The molecular weight excluding hydrogens is 245 g/mol. The monoisotopic (exact) mass is 259 g/mol. The second-order valence-corrected chi connectivity index (χ2v) is 4.88. The lowest BCUT2D eigenvalue weighted by Crippen LogP contribution is -2.25. The van der Waals surface area contributed by atoms with Gasteiger partial charge in [0.25, 0.3) is 5.91 Å². The van der Waals surface area contributed by atoms with Gasteiger partial charge in [0.1, 0.15) is 0 Å². The Morgan fingerprint density at radius 2 is 2.00 bits per heavy atom. The molecule has 0 heterocycles. The summed E-state index contributed by atoms with van der Waals surface area (Å²) in [5.74, 6) is 0.466. The fourth-order valence-corrected chi connectivity index (χ4v) is 1.51. The number of carbonyl (C=O) groups excluding carboxylic acids is 1. The van der Waals surface area contributed by atoms with Gasteiger partial charge in [0.2, 0.25) is 0 Å². The van der Waals surface area contributed by atoms with Crippen LogP contribution < -0.4 is 5.32 Å². The summed E-state index contributed by atoms with van der Waals surface area (Å²) in [6.45, 7) is 4.91. The predicted octanol–water partition coefficient (Wildman–Crippen LogP) is 3.77. The van der Waals surface area contributed by atoms with Crippen molar-refractivity contribution in [1.82, 2.24) is 5.32 Å². The van der Waals surface area contributed by atoms with Gasteiger partial charge in [-0.05, 0) is 30.5 Å². The van der Waals surface area contributed by atoms with Gasteiger partial charge >= 0.3 is 0 Å². The third-order valence-electron chi connectivity index (χ3n) is 2.19. The first kappa shape index (κ1) is 13.3. The molecule has 88 valence electrons.